The number of carboxylic acid groups (broad SMARTS) is 1. The van der Waals surface area contributed by atoms with Crippen LogP contribution in [0.15, 0.2) is 24.8 Å². The number of hydrogen-bond acceptors (Lipinski definition) is 3. The van der Waals surface area contributed by atoms with Crippen molar-refractivity contribution in [1.82, 2.24) is 4.98 Å². The molecule has 0 unspecified atom stereocenters. The largest absolute Gasteiger partial charge is 0.478 e. The number of hydrogen-bond donors (Lipinski definition) is 2. The second-order valence-electron chi connectivity index (χ2n) is 2.84. The number of aromatic nitrogens is 1. The minimum atomic E-state index is -1.03. The van der Waals surface area contributed by atoms with Crippen molar-refractivity contribution >= 4 is 23.4 Å². The van der Waals surface area contributed by atoms with E-state index in [0.717, 1.165) is 6.42 Å². The smallest absolute Gasteiger partial charge is 0.339 e. The third-order valence-electron chi connectivity index (χ3n) is 1.73. The summed E-state index contributed by atoms with van der Waals surface area (Å²) in [6, 6.07) is 2.87. The van der Waals surface area contributed by atoms with Gasteiger partial charge in [-0.1, -0.05) is 17.7 Å². The number of nitrogens with one attached hydrogen (secondary N) is 1. The molecular weight excluding hydrogens is 216 g/mol. The second-order valence-corrected chi connectivity index (χ2v) is 3.23. The van der Waals surface area contributed by atoms with Gasteiger partial charge < -0.3 is 10.4 Å². The van der Waals surface area contributed by atoms with E-state index in [1.165, 1.54) is 12.1 Å². The highest BCUT2D eigenvalue weighted by Gasteiger charge is 2.10. The minimum Gasteiger partial charge on any atom is -0.478 e. The lowest BCUT2D eigenvalue weighted by Crippen LogP contribution is -2.09. The quantitative estimate of drug-likeness (QED) is 0.460. The summed E-state index contributed by atoms with van der Waals surface area (Å²) in [5, 5.41) is 12.0. The Hall–Kier alpha value is -1.55. The van der Waals surface area contributed by atoms with Gasteiger partial charge in [0.05, 0.1) is 0 Å². The zero-order valence-corrected chi connectivity index (χ0v) is 8.79. The molecule has 15 heavy (non-hydrogen) atoms. The van der Waals surface area contributed by atoms with E-state index in [2.05, 4.69) is 16.9 Å². The Balaban J connectivity index is 2.86. The molecule has 0 spiro atoms. The number of halogens is 1. The molecule has 1 heterocycles. The van der Waals surface area contributed by atoms with Gasteiger partial charge in [0.2, 0.25) is 0 Å². The van der Waals surface area contributed by atoms with Crippen LogP contribution in [0.1, 0.15) is 16.8 Å². The van der Waals surface area contributed by atoms with Crippen LogP contribution in [0, 0.1) is 0 Å². The summed E-state index contributed by atoms with van der Waals surface area (Å²) < 4.78 is 0. The highest BCUT2D eigenvalue weighted by Crippen LogP contribution is 2.16. The van der Waals surface area contributed by atoms with Crippen molar-refractivity contribution in [2.45, 2.75) is 6.42 Å². The normalized spacial score (nSPS) is 9.67. The van der Waals surface area contributed by atoms with Crippen LogP contribution in [0.25, 0.3) is 0 Å². The molecule has 5 heteroatoms. The maximum atomic E-state index is 10.8. The summed E-state index contributed by atoms with van der Waals surface area (Å²) in [7, 11) is 0. The number of rotatable bonds is 5. The van der Waals surface area contributed by atoms with E-state index >= 15 is 0 Å². The fourth-order valence-corrected chi connectivity index (χ4v) is 1.18. The Labute approximate surface area is 92.6 Å². The van der Waals surface area contributed by atoms with E-state index in [4.69, 9.17) is 16.7 Å². The Bertz CT molecular complexity index is 380. The molecule has 80 valence electrons. The first-order valence-electron chi connectivity index (χ1n) is 4.39. The van der Waals surface area contributed by atoms with Crippen LogP contribution < -0.4 is 5.32 Å². The Morgan fingerprint density at radius 3 is 3.00 bits per heavy atom. The summed E-state index contributed by atoms with van der Waals surface area (Å²) >= 11 is 5.67. The van der Waals surface area contributed by atoms with E-state index in [1.54, 1.807) is 6.08 Å². The van der Waals surface area contributed by atoms with Crippen LogP contribution in [0.2, 0.25) is 5.15 Å². The van der Waals surface area contributed by atoms with Crippen LogP contribution in [0.5, 0.6) is 0 Å². The number of carboxylic acids is 1. The van der Waals surface area contributed by atoms with E-state index in [1.807, 2.05) is 0 Å². The second kappa shape index (κ2) is 5.36. The van der Waals surface area contributed by atoms with Gasteiger partial charge in [0.15, 0.2) is 0 Å². The number of anilines is 1. The van der Waals surface area contributed by atoms with Gasteiger partial charge in [0.25, 0.3) is 0 Å². The standard InChI is InChI=1S/C10H11ClN2O2/c1-2-3-6-12-9-7(10(14)15)4-5-8(11)13-9/h2,4-5H,1,3,6H2,(H,12,13)(H,14,15). The molecule has 0 atom stereocenters. The van der Waals surface area contributed by atoms with Gasteiger partial charge in [-0.05, 0) is 18.6 Å². The molecule has 0 saturated carbocycles. The molecule has 0 amide bonds. The van der Waals surface area contributed by atoms with E-state index < -0.39 is 5.97 Å². The van der Waals surface area contributed by atoms with Gasteiger partial charge in [-0.15, -0.1) is 6.58 Å². The molecule has 0 aromatic carbocycles. The summed E-state index contributed by atoms with van der Waals surface area (Å²) in [4.78, 5) is 14.7. The molecule has 2 N–H and O–H groups in total. The summed E-state index contributed by atoms with van der Waals surface area (Å²) in [6.45, 7) is 4.14. The summed E-state index contributed by atoms with van der Waals surface area (Å²) in [5.41, 5.74) is 0.114. The fourth-order valence-electron chi connectivity index (χ4n) is 1.04. The number of nitrogens with zero attached hydrogens (tertiary/aromatic N) is 1. The fraction of sp³-hybridized carbons (Fsp3) is 0.200. The van der Waals surface area contributed by atoms with Gasteiger partial charge in [-0.3, -0.25) is 0 Å². The van der Waals surface area contributed by atoms with Gasteiger partial charge in [0.1, 0.15) is 16.5 Å². The molecule has 0 bridgehead atoms. The van der Waals surface area contributed by atoms with Crippen LogP contribution in [0.3, 0.4) is 0 Å². The predicted molar refractivity (Wildman–Crippen MR) is 59.5 cm³/mol. The van der Waals surface area contributed by atoms with Crippen molar-refractivity contribution in [3.05, 3.63) is 35.5 Å². The summed E-state index contributed by atoms with van der Waals surface area (Å²) in [5.74, 6) is -0.739. The first-order valence-corrected chi connectivity index (χ1v) is 4.77. The average Bonchev–Trinajstić information content (AvgIpc) is 2.18. The van der Waals surface area contributed by atoms with Crippen LogP contribution in [-0.4, -0.2) is 22.6 Å². The van der Waals surface area contributed by atoms with Crippen molar-refractivity contribution in [2.75, 3.05) is 11.9 Å². The van der Waals surface area contributed by atoms with Gasteiger partial charge in [-0.25, -0.2) is 9.78 Å². The van der Waals surface area contributed by atoms with Crippen LogP contribution in [0.4, 0.5) is 5.82 Å². The molecule has 1 aromatic heterocycles. The highest BCUT2D eigenvalue weighted by atomic mass is 35.5. The molecule has 1 rings (SSSR count). The van der Waals surface area contributed by atoms with Crippen molar-refractivity contribution in [3.63, 3.8) is 0 Å². The monoisotopic (exact) mass is 226 g/mol. The van der Waals surface area contributed by atoms with Crippen molar-refractivity contribution in [3.8, 4) is 0 Å². The first kappa shape index (κ1) is 11.5. The van der Waals surface area contributed by atoms with Crippen molar-refractivity contribution in [2.24, 2.45) is 0 Å². The topological polar surface area (TPSA) is 62.2 Å². The van der Waals surface area contributed by atoms with E-state index in [0.29, 0.717) is 6.54 Å². The average molecular weight is 227 g/mol. The maximum Gasteiger partial charge on any atom is 0.339 e. The molecule has 1 aromatic rings. The van der Waals surface area contributed by atoms with Gasteiger partial charge >= 0.3 is 5.97 Å². The SMILES string of the molecule is C=CCCNc1nc(Cl)ccc1C(=O)O. The lowest BCUT2D eigenvalue weighted by Gasteiger charge is -2.07. The zero-order valence-electron chi connectivity index (χ0n) is 8.03. The van der Waals surface area contributed by atoms with Crippen molar-refractivity contribution < 1.29 is 9.90 Å². The number of aromatic carboxylic acids is 1. The molecule has 0 aliphatic rings. The molecule has 0 aliphatic carbocycles. The van der Waals surface area contributed by atoms with E-state index in [9.17, 15) is 4.79 Å². The van der Waals surface area contributed by atoms with E-state index in [-0.39, 0.29) is 16.5 Å². The zero-order chi connectivity index (χ0) is 11.3. The molecule has 0 aliphatic heterocycles. The molecule has 0 saturated heterocycles. The molecule has 0 fully saturated rings. The molecule has 4 nitrogen and oxygen atoms in total. The Kier molecular flexibility index (Phi) is 4.12. The predicted octanol–water partition coefficient (Wildman–Crippen LogP) is 2.42. The third kappa shape index (κ3) is 3.25. The Morgan fingerprint density at radius 1 is 1.67 bits per heavy atom. The first-order chi connectivity index (χ1) is 7.15. The number of pyridine rings is 1. The molecular formula is C10H11ClN2O2. The minimum absolute atomic E-state index is 0.114. The van der Waals surface area contributed by atoms with Crippen LogP contribution in [-0.2, 0) is 0 Å². The molecule has 0 radical (unpaired) electrons. The third-order valence-corrected chi connectivity index (χ3v) is 1.94. The lowest BCUT2D eigenvalue weighted by molar-refractivity contribution is 0.0697. The number of carbonyl (C=O) groups is 1. The van der Waals surface area contributed by atoms with Crippen LogP contribution >= 0.6 is 11.6 Å². The Morgan fingerprint density at radius 2 is 2.40 bits per heavy atom. The maximum absolute atomic E-state index is 10.8. The summed E-state index contributed by atoms with van der Waals surface area (Å²) in [6.07, 6.45) is 2.46. The van der Waals surface area contributed by atoms with Crippen molar-refractivity contribution in [1.29, 1.82) is 0 Å². The lowest BCUT2D eigenvalue weighted by atomic mass is 10.2. The highest BCUT2D eigenvalue weighted by molar-refractivity contribution is 6.29. The van der Waals surface area contributed by atoms with Gasteiger partial charge in [0, 0.05) is 6.54 Å². The van der Waals surface area contributed by atoms with Gasteiger partial charge in [-0.2, -0.15) is 0 Å².